The van der Waals surface area contributed by atoms with Gasteiger partial charge in [-0.15, -0.1) is 12.4 Å². The number of halogens is 3. The fourth-order valence-electron chi connectivity index (χ4n) is 3.15. The van der Waals surface area contributed by atoms with E-state index in [-0.39, 0.29) is 36.2 Å². The molecule has 1 fully saturated rings. The van der Waals surface area contributed by atoms with Gasteiger partial charge in [0.25, 0.3) is 5.91 Å². The lowest BCUT2D eigenvalue weighted by Gasteiger charge is -2.37. The highest BCUT2D eigenvalue weighted by Gasteiger charge is 2.30. The number of hydrogen-bond donors (Lipinski definition) is 1. The molecule has 1 N–H and O–H groups in total. The smallest absolute Gasteiger partial charge is 0.271 e. The van der Waals surface area contributed by atoms with Crippen LogP contribution in [0.15, 0.2) is 41.0 Å². The van der Waals surface area contributed by atoms with Gasteiger partial charge in [0, 0.05) is 36.3 Å². The van der Waals surface area contributed by atoms with Crippen molar-refractivity contribution in [1.29, 1.82) is 0 Å². The van der Waals surface area contributed by atoms with Crippen molar-refractivity contribution >= 4 is 34.2 Å². The molecule has 0 aliphatic carbocycles. The number of amides is 1. The zero-order chi connectivity index (χ0) is 17.3. The molecule has 3 rings (SSSR count). The van der Waals surface area contributed by atoms with Crippen LogP contribution >= 0.6 is 28.3 Å². The van der Waals surface area contributed by atoms with Crippen molar-refractivity contribution in [2.24, 2.45) is 0 Å². The van der Waals surface area contributed by atoms with E-state index in [1.807, 2.05) is 41.6 Å². The molecule has 1 aromatic carbocycles. The SMILES string of the molecule is CC(C)n1cc(Br)cc1C(=O)N1CCNCC1c1cccc(F)c1.Cl. The lowest BCUT2D eigenvalue weighted by atomic mass is 10.0. The average molecular weight is 431 g/mol. The van der Waals surface area contributed by atoms with Crippen LogP contribution in [0.25, 0.3) is 0 Å². The molecule has 1 aromatic heterocycles. The normalized spacial score (nSPS) is 17.5. The Morgan fingerprint density at radius 2 is 2.12 bits per heavy atom. The van der Waals surface area contributed by atoms with Crippen molar-refractivity contribution in [1.82, 2.24) is 14.8 Å². The summed E-state index contributed by atoms with van der Waals surface area (Å²) >= 11 is 3.46. The van der Waals surface area contributed by atoms with E-state index >= 15 is 0 Å². The van der Waals surface area contributed by atoms with Crippen LogP contribution in [-0.4, -0.2) is 35.0 Å². The van der Waals surface area contributed by atoms with Gasteiger partial charge in [0.05, 0.1) is 6.04 Å². The summed E-state index contributed by atoms with van der Waals surface area (Å²) < 4.78 is 16.5. The van der Waals surface area contributed by atoms with Crippen LogP contribution in [0.4, 0.5) is 4.39 Å². The van der Waals surface area contributed by atoms with Crippen molar-refractivity contribution in [2.75, 3.05) is 19.6 Å². The number of carbonyl (C=O) groups excluding carboxylic acids is 1. The molecule has 0 spiro atoms. The minimum absolute atomic E-state index is 0. The highest BCUT2D eigenvalue weighted by Crippen LogP contribution is 2.27. The standard InChI is InChI=1S/C18H21BrFN3O.ClH/c1-12(2)23-11-14(19)9-16(23)18(24)22-7-6-21-10-17(22)13-4-3-5-15(20)8-13;/h3-5,8-9,11-12,17,21H,6-7,10H2,1-2H3;1H. The zero-order valence-electron chi connectivity index (χ0n) is 14.2. The van der Waals surface area contributed by atoms with E-state index in [0.29, 0.717) is 18.8 Å². The Hall–Kier alpha value is -1.37. The summed E-state index contributed by atoms with van der Waals surface area (Å²) in [6.45, 7) is 6.05. The number of piperazine rings is 1. The van der Waals surface area contributed by atoms with Crippen LogP contribution in [0.3, 0.4) is 0 Å². The molecule has 2 aromatic rings. The molecule has 0 radical (unpaired) electrons. The summed E-state index contributed by atoms with van der Waals surface area (Å²) in [5, 5.41) is 3.30. The maximum absolute atomic E-state index is 13.6. The van der Waals surface area contributed by atoms with Gasteiger partial charge in [-0.3, -0.25) is 4.79 Å². The quantitative estimate of drug-likeness (QED) is 0.793. The molecule has 2 heterocycles. The molecule has 0 saturated carbocycles. The second-order valence-electron chi connectivity index (χ2n) is 6.32. The average Bonchev–Trinajstić information content (AvgIpc) is 2.96. The highest BCUT2D eigenvalue weighted by atomic mass is 79.9. The molecule has 1 amide bonds. The van der Waals surface area contributed by atoms with Gasteiger partial charge >= 0.3 is 0 Å². The van der Waals surface area contributed by atoms with Crippen LogP contribution in [0.2, 0.25) is 0 Å². The summed E-state index contributed by atoms with van der Waals surface area (Å²) in [5.74, 6) is -0.302. The first kappa shape index (κ1) is 19.9. The maximum Gasteiger partial charge on any atom is 0.271 e. The second kappa shape index (κ2) is 8.34. The number of carbonyl (C=O) groups is 1. The van der Waals surface area contributed by atoms with Gasteiger partial charge in [-0.05, 0) is 53.5 Å². The fraction of sp³-hybridized carbons (Fsp3) is 0.389. The van der Waals surface area contributed by atoms with Gasteiger partial charge in [-0.1, -0.05) is 12.1 Å². The summed E-state index contributed by atoms with van der Waals surface area (Å²) in [6.07, 6.45) is 1.93. The Bertz CT molecular complexity index is 750. The summed E-state index contributed by atoms with van der Waals surface area (Å²) in [4.78, 5) is 15.0. The third kappa shape index (κ3) is 4.25. The molecule has 0 bridgehead atoms. The summed E-state index contributed by atoms with van der Waals surface area (Å²) in [6, 6.07) is 8.37. The number of nitrogens with one attached hydrogen (secondary N) is 1. The van der Waals surface area contributed by atoms with E-state index in [1.165, 1.54) is 12.1 Å². The minimum atomic E-state index is -0.279. The van der Waals surface area contributed by atoms with E-state index in [2.05, 4.69) is 21.2 Å². The summed E-state index contributed by atoms with van der Waals surface area (Å²) in [5.41, 5.74) is 1.47. The van der Waals surface area contributed by atoms with Crippen LogP contribution in [0.1, 0.15) is 42.0 Å². The monoisotopic (exact) mass is 429 g/mol. The minimum Gasteiger partial charge on any atom is -0.340 e. The van der Waals surface area contributed by atoms with Crippen molar-refractivity contribution < 1.29 is 9.18 Å². The Morgan fingerprint density at radius 3 is 2.80 bits per heavy atom. The van der Waals surface area contributed by atoms with Crippen molar-refractivity contribution in [2.45, 2.75) is 25.9 Å². The first-order chi connectivity index (χ1) is 11.5. The molecule has 25 heavy (non-hydrogen) atoms. The largest absolute Gasteiger partial charge is 0.340 e. The van der Waals surface area contributed by atoms with E-state index in [0.717, 1.165) is 16.6 Å². The van der Waals surface area contributed by atoms with Crippen molar-refractivity contribution in [3.8, 4) is 0 Å². The Kier molecular flexibility index (Phi) is 6.65. The van der Waals surface area contributed by atoms with E-state index in [9.17, 15) is 9.18 Å². The van der Waals surface area contributed by atoms with Gasteiger partial charge < -0.3 is 14.8 Å². The highest BCUT2D eigenvalue weighted by molar-refractivity contribution is 9.10. The molecule has 4 nitrogen and oxygen atoms in total. The molecular formula is C18H22BrClFN3O. The lowest BCUT2D eigenvalue weighted by Crippen LogP contribution is -2.49. The number of rotatable bonds is 3. The fourth-order valence-corrected chi connectivity index (χ4v) is 3.59. The molecule has 1 unspecified atom stereocenters. The van der Waals surface area contributed by atoms with E-state index < -0.39 is 0 Å². The van der Waals surface area contributed by atoms with Crippen LogP contribution in [0, 0.1) is 5.82 Å². The van der Waals surface area contributed by atoms with E-state index in [1.54, 1.807) is 6.07 Å². The maximum atomic E-state index is 13.6. The first-order valence-electron chi connectivity index (χ1n) is 8.12. The van der Waals surface area contributed by atoms with Gasteiger partial charge in [0.2, 0.25) is 0 Å². The number of aromatic nitrogens is 1. The first-order valence-corrected chi connectivity index (χ1v) is 8.91. The summed E-state index contributed by atoms with van der Waals surface area (Å²) in [7, 11) is 0. The Balaban J connectivity index is 0.00000225. The second-order valence-corrected chi connectivity index (χ2v) is 7.23. The Labute approximate surface area is 161 Å². The van der Waals surface area contributed by atoms with Crippen molar-refractivity contribution in [3.05, 3.63) is 58.1 Å². The number of hydrogen-bond acceptors (Lipinski definition) is 2. The van der Waals surface area contributed by atoms with Gasteiger partial charge in [-0.25, -0.2) is 4.39 Å². The molecule has 1 saturated heterocycles. The lowest BCUT2D eigenvalue weighted by molar-refractivity contribution is 0.0621. The van der Waals surface area contributed by atoms with Gasteiger partial charge in [0.1, 0.15) is 11.5 Å². The van der Waals surface area contributed by atoms with Crippen LogP contribution in [0.5, 0.6) is 0 Å². The van der Waals surface area contributed by atoms with Crippen LogP contribution in [-0.2, 0) is 0 Å². The zero-order valence-corrected chi connectivity index (χ0v) is 16.6. The topological polar surface area (TPSA) is 37.3 Å². The van der Waals surface area contributed by atoms with Crippen molar-refractivity contribution in [3.63, 3.8) is 0 Å². The molecule has 136 valence electrons. The molecule has 1 aliphatic heterocycles. The van der Waals surface area contributed by atoms with E-state index in [4.69, 9.17) is 0 Å². The third-order valence-electron chi connectivity index (χ3n) is 4.33. The number of benzene rings is 1. The molecule has 1 aliphatic rings. The Morgan fingerprint density at radius 1 is 1.36 bits per heavy atom. The van der Waals surface area contributed by atoms with Crippen LogP contribution < -0.4 is 5.32 Å². The predicted molar refractivity (Wildman–Crippen MR) is 103 cm³/mol. The number of nitrogens with zero attached hydrogens (tertiary/aromatic N) is 2. The molecular weight excluding hydrogens is 409 g/mol. The van der Waals surface area contributed by atoms with Gasteiger partial charge in [-0.2, -0.15) is 0 Å². The molecule has 1 atom stereocenters. The predicted octanol–water partition coefficient (Wildman–Crippen LogP) is 4.18. The molecule has 7 heteroatoms. The third-order valence-corrected chi connectivity index (χ3v) is 4.76. The van der Waals surface area contributed by atoms with Gasteiger partial charge in [0.15, 0.2) is 0 Å².